The highest BCUT2D eigenvalue weighted by molar-refractivity contribution is 5.85. The molecule has 0 aromatic heterocycles. The van der Waals surface area contributed by atoms with Gasteiger partial charge in [0.25, 0.3) is 0 Å². The van der Waals surface area contributed by atoms with Crippen LogP contribution in [0.5, 0.6) is 0 Å². The quantitative estimate of drug-likeness (QED) is 0.761. The molecule has 0 radical (unpaired) electrons. The standard InChI is InChI=1S/C11H13NO2.ClH/c12-10-5-8-2-1-7(4-11(13)14)3-9(8)6-10;/h1-3,10H,4-6,12H2,(H,13,14);1H/p-1. The van der Waals surface area contributed by atoms with Crippen LogP contribution in [0.15, 0.2) is 18.2 Å². The summed E-state index contributed by atoms with van der Waals surface area (Å²) in [6.45, 7) is 0. The van der Waals surface area contributed by atoms with Gasteiger partial charge in [-0.25, -0.2) is 0 Å². The molecule has 2 N–H and O–H groups in total. The Kier molecular flexibility index (Phi) is 3.72. The third-order valence-electron chi connectivity index (χ3n) is 2.58. The molecule has 82 valence electrons. The molecule has 15 heavy (non-hydrogen) atoms. The Hall–Kier alpha value is -1.06. The van der Waals surface area contributed by atoms with Crippen LogP contribution in [0.3, 0.4) is 0 Å². The highest BCUT2D eigenvalue weighted by Gasteiger charge is 2.17. The summed E-state index contributed by atoms with van der Waals surface area (Å²) in [5, 5.41) is 10.4. The second kappa shape index (κ2) is 4.64. The third kappa shape index (κ3) is 2.70. The Balaban J connectivity index is 0.00000112. The molecule has 0 aliphatic heterocycles. The predicted molar refractivity (Wildman–Crippen MR) is 57.8 cm³/mol. The number of carboxylic acid groups (broad SMARTS) is 1. The van der Waals surface area contributed by atoms with Crippen LogP contribution in [-0.2, 0) is 24.1 Å². The molecule has 1 aromatic carbocycles. The summed E-state index contributed by atoms with van der Waals surface area (Å²) in [5.41, 5.74) is 9.05. The van der Waals surface area contributed by atoms with Crippen LogP contribution in [0.25, 0.3) is 0 Å². The molecule has 1 aliphatic rings. The van der Waals surface area contributed by atoms with Gasteiger partial charge in [0, 0.05) is 18.4 Å². The zero-order valence-electron chi connectivity index (χ0n) is 8.23. The molecular weight excluding hydrogens is 214 g/mol. The Labute approximate surface area is 94.7 Å². The molecule has 1 unspecified atom stereocenters. The Morgan fingerprint density at radius 1 is 1.40 bits per heavy atom. The molecule has 3 nitrogen and oxygen atoms in total. The number of carbonyl (C=O) groups is 1. The van der Waals surface area contributed by atoms with Crippen molar-refractivity contribution < 1.29 is 9.90 Å². The zero-order chi connectivity index (χ0) is 10.1. The average molecular weight is 227 g/mol. The van der Waals surface area contributed by atoms with E-state index in [4.69, 9.17) is 5.73 Å². The van der Waals surface area contributed by atoms with Gasteiger partial charge >= 0.3 is 0 Å². The van der Waals surface area contributed by atoms with Gasteiger partial charge in [0.05, 0.1) is 0 Å². The Bertz CT molecular complexity index is 379. The average Bonchev–Trinajstić information content (AvgIpc) is 2.42. The molecule has 0 amide bonds. The molecule has 0 spiro atoms. The number of carbonyl (C=O) groups excluding carboxylic acids is 1. The van der Waals surface area contributed by atoms with E-state index in [9.17, 15) is 9.90 Å². The summed E-state index contributed by atoms with van der Waals surface area (Å²) >= 11 is 0. The fourth-order valence-corrected chi connectivity index (χ4v) is 1.98. The summed E-state index contributed by atoms with van der Waals surface area (Å²) in [7, 11) is 0. The van der Waals surface area contributed by atoms with Gasteiger partial charge in [-0.1, -0.05) is 18.2 Å². The summed E-state index contributed by atoms with van der Waals surface area (Å²) < 4.78 is 0. The first-order chi connectivity index (χ1) is 6.65. The zero-order valence-corrected chi connectivity index (χ0v) is 9.05. The van der Waals surface area contributed by atoms with E-state index < -0.39 is 5.97 Å². The molecule has 1 aromatic rings. The second-order valence-electron chi connectivity index (χ2n) is 3.82. The highest BCUT2D eigenvalue weighted by atomic mass is 35.5. The molecule has 0 bridgehead atoms. The smallest absolute Gasteiger partial charge is 0.0458 e. The predicted octanol–water partition coefficient (Wildman–Crippen LogP) is -0.173. The van der Waals surface area contributed by atoms with E-state index in [1.807, 2.05) is 18.2 Å². The number of hydrogen-bond donors (Lipinski definition) is 1. The van der Waals surface area contributed by atoms with Gasteiger partial charge in [-0.05, 0) is 29.5 Å². The first-order valence-electron chi connectivity index (χ1n) is 4.71. The number of fused-ring (bicyclic) bond motifs is 1. The van der Waals surface area contributed by atoms with Gasteiger partial charge in [0.2, 0.25) is 0 Å². The van der Waals surface area contributed by atoms with E-state index in [1.165, 1.54) is 11.1 Å². The van der Waals surface area contributed by atoms with Gasteiger partial charge in [-0.15, -0.1) is 12.4 Å². The monoisotopic (exact) mass is 226 g/mol. The molecule has 0 fully saturated rings. The van der Waals surface area contributed by atoms with Gasteiger partial charge in [-0.3, -0.25) is 0 Å². The highest BCUT2D eigenvalue weighted by Crippen LogP contribution is 2.22. The Morgan fingerprint density at radius 2 is 2.07 bits per heavy atom. The summed E-state index contributed by atoms with van der Waals surface area (Å²) in [5.74, 6) is -1.03. The van der Waals surface area contributed by atoms with Crippen LogP contribution in [-0.4, -0.2) is 12.0 Å². The summed E-state index contributed by atoms with van der Waals surface area (Å²) in [6, 6.07) is 5.94. The first kappa shape index (κ1) is 12.0. The fourth-order valence-electron chi connectivity index (χ4n) is 1.98. The third-order valence-corrected chi connectivity index (χ3v) is 2.58. The first-order valence-corrected chi connectivity index (χ1v) is 4.71. The van der Waals surface area contributed by atoms with E-state index in [0.717, 1.165) is 18.4 Å². The van der Waals surface area contributed by atoms with Crippen LogP contribution in [0.4, 0.5) is 0 Å². The molecular formula is C11H13ClNO2-. The number of halogens is 1. The Morgan fingerprint density at radius 3 is 2.73 bits per heavy atom. The van der Waals surface area contributed by atoms with Crippen molar-refractivity contribution in [3.05, 3.63) is 34.9 Å². The molecule has 1 atom stereocenters. The minimum atomic E-state index is -1.03. The molecule has 4 heteroatoms. The number of hydrogen-bond acceptors (Lipinski definition) is 3. The van der Waals surface area contributed by atoms with Crippen LogP contribution in [0.2, 0.25) is 0 Å². The number of carboxylic acids is 1. The number of rotatable bonds is 2. The summed E-state index contributed by atoms with van der Waals surface area (Å²) in [4.78, 5) is 10.4. The van der Waals surface area contributed by atoms with Crippen LogP contribution < -0.4 is 10.8 Å². The van der Waals surface area contributed by atoms with Crippen molar-refractivity contribution in [3.63, 3.8) is 0 Å². The van der Waals surface area contributed by atoms with Gasteiger partial charge in [-0.2, -0.15) is 0 Å². The molecule has 2 rings (SSSR count). The largest absolute Gasteiger partial charge is 0.550 e. The van der Waals surface area contributed by atoms with Crippen molar-refractivity contribution in [3.8, 4) is 0 Å². The molecule has 0 saturated carbocycles. The van der Waals surface area contributed by atoms with Gasteiger partial charge in [0.15, 0.2) is 0 Å². The maximum atomic E-state index is 10.4. The second-order valence-corrected chi connectivity index (χ2v) is 3.82. The van der Waals surface area contributed by atoms with Gasteiger partial charge < -0.3 is 15.6 Å². The minimum Gasteiger partial charge on any atom is -0.550 e. The lowest BCUT2D eigenvalue weighted by molar-refractivity contribution is -0.304. The SMILES string of the molecule is Cl.NC1Cc2ccc(CC(=O)[O-])cc2C1. The minimum absolute atomic E-state index is 0. The van der Waals surface area contributed by atoms with E-state index in [1.54, 1.807) is 0 Å². The van der Waals surface area contributed by atoms with E-state index in [0.29, 0.717) is 0 Å². The van der Waals surface area contributed by atoms with Crippen molar-refractivity contribution in [2.24, 2.45) is 5.73 Å². The lowest BCUT2D eigenvalue weighted by atomic mass is 10.0. The lowest BCUT2D eigenvalue weighted by Crippen LogP contribution is -2.24. The van der Waals surface area contributed by atoms with Crippen LogP contribution >= 0.6 is 12.4 Å². The van der Waals surface area contributed by atoms with Gasteiger partial charge in [0.1, 0.15) is 0 Å². The fraction of sp³-hybridized carbons (Fsp3) is 0.364. The van der Waals surface area contributed by atoms with E-state index in [2.05, 4.69) is 0 Å². The van der Waals surface area contributed by atoms with Crippen molar-refractivity contribution >= 4 is 18.4 Å². The molecule has 1 aliphatic carbocycles. The maximum Gasteiger partial charge on any atom is 0.0458 e. The maximum absolute atomic E-state index is 10.4. The van der Waals surface area contributed by atoms with Crippen LogP contribution in [0, 0.1) is 0 Å². The van der Waals surface area contributed by atoms with Crippen molar-refractivity contribution in [1.82, 2.24) is 0 Å². The number of benzene rings is 1. The number of nitrogens with two attached hydrogens (primary N) is 1. The normalized spacial score (nSPS) is 18.1. The van der Waals surface area contributed by atoms with Crippen molar-refractivity contribution in [1.29, 1.82) is 0 Å². The molecule has 0 saturated heterocycles. The van der Waals surface area contributed by atoms with E-state index >= 15 is 0 Å². The van der Waals surface area contributed by atoms with Crippen LogP contribution in [0.1, 0.15) is 16.7 Å². The summed E-state index contributed by atoms with van der Waals surface area (Å²) in [6.07, 6.45) is 1.75. The topological polar surface area (TPSA) is 66.2 Å². The lowest BCUT2D eigenvalue weighted by Gasteiger charge is -2.05. The van der Waals surface area contributed by atoms with E-state index in [-0.39, 0.29) is 24.9 Å². The van der Waals surface area contributed by atoms with Crippen molar-refractivity contribution in [2.75, 3.05) is 0 Å². The molecule has 0 heterocycles. The van der Waals surface area contributed by atoms with Crippen molar-refractivity contribution in [2.45, 2.75) is 25.3 Å². The number of aliphatic carboxylic acids is 1.